The van der Waals surface area contributed by atoms with E-state index in [-0.39, 0.29) is 12.4 Å². The standard InChI is InChI=1S/C20H22BrClFN5O2S/c1-3-29-18-9-13(11-24-6-7-31-20-25-26-27-28(20)2)8-16(21)19(18)30-12-14-4-5-15(23)10-17(14)22/h4-5,8-10,24H,3,6-7,11-12H2,1-2H3. The van der Waals surface area contributed by atoms with Crippen LogP contribution in [0.2, 0.25) is 5.02 Å². The number of rotatable bonds is 11. The Balaban J connectivity index is 1.59. The summed E-state index contributed by atoms with van der Waals surface area (Å²) in [5.41, 5.74) is 1.74. The number of halogens is 3. The average molecular weight is 531 g/mol. The van der Waals surface area contributed by atoms with Crippen LogP contribution in [0.15, 0.2) is 40.0 Å². The van der Waals surface area contributed by atoms with E-state index >= 15 is 0 Å². The Hall–Kier alpha value is -1.88. The summed E-state index contributed by atoms with van der Waals surface area (Å²) in [6.45, 7) is 4.07. The van der Waals surface area contributed by atoms with Crippen molar-refractivity contribution in [3.63, 3.8) is 0 Å². The van der Waals surface area contributed by atoms with Gasteiger partial charge < -0.3 is 14.8 Å². The smallest absolute Gasteiger partial charge is 0.209 e. The molecule has 1 heterocycles. The van der Waals surface area contributed by atoms with Crippen molar-refractivity contribution in [3.8, 4) is 11.5 Å². The molecule has 0 spiro atoms. The summed E-state index contributed by atoms with van der Waals surface area (Å²) in [6.07, 6.45) is 0. The molecule has 0 aliphatic carbocycles. The number of nitrogens with zero attached hydrogens (tertiary/aromatic N) is 4. The fourth-order valence-corrected chi connectivity index (χ4v) is 4.28. The molecule has 11 heteroatoms. The van der Waals surface area contributed by atoms with E-state index in [1.165, 1.54) is 12.1 Å². The van der Waals surface area contributed by atoms with E-state index in [0.29, 0.717) is 35.2 Å². The summed E-state index contributed by atoms with van der Waals surface area (Å²) in [5, 5.41) is 15.9. The number of nitrogens with one attached hydrogen (secondary N) is 1. The number of hydrogen-bond acceptors (Lipinski definition) is 7. The summed E-state index contributed by atoms with van der Waals surface area (Å²) < 4.78 is 27.4. The van der Waals surface area contributed by atoms with Gasteiger partial charge in [-0.2, -0.15) is 0 Å². The third kappa shape index (κ3) is 6.80. The molecule has 0 aliphatic rings. The lowest BCUT2D eigenvalue weighted by molar-refractivity contribution is 0.267. The van der Waals surface area contributed by atoms with E-state index in [2.05, 4.69) is 36.8 Å². The SMILES string of the molecule is CCOc1cc(CNCCSc2nnnn2C)cc(Br)c1OCc1ccc(F)cc1Cl. The van der Waals surface area contributed by atoms with Gasteiger partial charge in [0.15, 0.2) is 11.5 Å². The molecule has 2 aromatic carbocycles. The van der Waals surface area contributed by atoms with Crippen LogP contribution in [0.3, 0.4) is 0 Å². The van der Waals surface area contributed by atoms with Gasteiger partial charge in [0.25, 0.3) is 0 Å². The molecule has 0 saturated carbocycles. The highest BCUT2D eigenvalue weighted by atomic mass is 79.9. The molecule has 0 bridgehead atoms. The highest BCUT2D eigenvalue weighted by molar-refractivity contribution is 9.10. The molecule has 3 aromatic rings. The van der Waals surface area contributed by atoms with Crippen molar-refractivity contribution in [2.75, 3.05) is 18.9 Å². The topological polar surface area (TPSA) is 74.1 Å². The number of benzene rings is 2. The molecule has 1 N–H and O–H groups in total. The zero-order valence-corrected chi connectivity index (χ0v) is 20.2. The summed E-state index contributed by atoms with van der Waals surface area (Å²) in [4.78, 5) is 0. The maximum absolute atomic E-state index is 13.3. The van der Waals surface area contributed by atoms with E-state index < -0.39 is 0 Å². The highest BCUT2D eigenvalue weighted by Crippen LogP contribution is 2.38. The van der Waals surface area contributed by atoms with Gasteiger partial charge >= 0.3 is 0 Å². The van der Waals surface area contributed by atoms with Gasteiger partial charge in [-0.15, -0.1) is 5.10 Å². The maximum atomic E-state index is 13.3. The average Bonchev–Trinajstić information content (AvgIpc) is 3.13. The van der Waals surface area contributed by atoms with Crippen LogP contribution in [0.25, 0.3) is 0 Å². The molecule has 0 fully saturated rings. The molecular weight excluding hydrogens is 509 g/mol. The van der Waals surface area contributed by atoms with Crippen molar-refractivity contribution in [1.29, 1.82) is 0 Å². The Kier molecular flexibility index (Phi) is 8.94. The lowest BCUT2D eigenvalue weighted by Gasteiger charge is -2.16. The Morgan fingerprint density at radius 2 is 2.10 bits per heavy atom. The predicted molar refractivity (Wildman–Crippen MR) is 122 cm³/mol. The summed E-state index contributed by atoms with van der Waals surface area (Å²) in [7, 11) is 1.82. The van der Waals surface area contributed by atoms with Crippen LogP contribution < -0.4 is 14.8 Å². The van der Waals surface area contributed by atoms with Crippen molar-refractivity contribution < 1.29 is 13.9 Å². The molecular formula is C20H22BrClFN5O2S. The van der Waals surface area contributed by atoms with E-state index in [4.69, 9.17) is 21.1 Å². The number of hydrogen-bond donors (Lipinski definition) is 1. The molecule has 166 valence electrons. The zero-order valence-electron chi connectivity index (χ0n) is 17.1. The van der Waals surface area contributed by atoms with Crippen molar-refractivity contribution in [1.82, 2.24) is 25.5 Å². The minimum Gasteiger partial charge on any atom is -0.490 e. The number of ether oxygens (including phenoxy) is 2. The van der Waals surface area contributed by atoms with Gasteiger partial charge in [0, 0.05) is 31.5 Å². The van der Waals surface area contributed by atoms with Crippen LogP contribution in [-0.2, 0) is 20.2 Å². The monoisotopic (exact) mass is 529 g/mol. The maximum Gasteiger partial charge on any atom is 0.209 e. The third-order valence-electron chi connectivity index (χ3n) is 4.18. The Labute approximate surface area is 197 Å². The summed E-state index contributed by atoms with van der Waals surface area (Å²) in [5.74, 6) is 1.67. The molecule has 0 amide bonds. The third-order valence-corrected chi connectivity index (χ3v) is 6.13. The van der Waals surface area contributed by atoms with Gasteiger partial charge in [0.05, 0.1) is 16.1 Å². The van der Waals surface area contributed by atoms with Crippen molar-refractivity contribution >= 4 is 39.3 Å². The largest absolute Gasteiger partial charge is 0.490 e. The second-order valence-electron chi connectivity index (χ2n) is 6.47. The van der Waals surface area contributed by atoms with Crippen LogP contribution in [0.5, 0.6) is 11.5 Å². The van der Waals surface area contributed by atoms with Gasteiger partial charge in [-0.1, -0.05) is 29.4 Å². The normalized spacial score (nSPS) is 11.0. The summed E-state index contributed by atoms with van der Waals surface area (Å²) >= 11 is 11.3. The van der Waals surface area contributed by atoms with E-state index in [9.17, 15) is 4.39 Å². The second-order valence-corrected chi connectivity index (χ2v) is 8.80. The number of aromatic nitrogens is 4. The molecule has 1 aromatic heterocycles. The van der Waals surface area contributed by atoms with E-state index in [0.717, 1.165) is 27.5 Å². The molecule has 0 aliphatic heterocycles. The van der Waals surface area contributed by atoms with E-state index in [1.54, 1.807) is 22.5 Å². The van der Waals surface area contributed by atoms with Crippen LogP contribution in [0.4, 0.5) is 4.39 Å². The van der Waals surface area contributed by atoms with E-state index in [1.807, 2.05) is 26.1 Å². The zero-order chi connectivity index (χ0) is 22.2. The van der Waals surface area contributed by atoms with Crippen molar-refractivity contribution in [2.24, 2.45) is 7.05 Å². The van der Waals surface area contributed by atoms with Crippen molar-refractivity contribution in [3.05, 3.63) is 56.8 Å². The Morgan fingerprint density at radius 3 is 2.81 bits per heavy atom. The van der Waals surface area contributed by atoms with Crippen molar-refractivity contribution in [2.45, 2.75) is 25.2 Å². The summed E-state index contributed by atoms with van der Waals surface area (Å²) in [6, 6.07) is 8.17. The molecule has 0 atom stereocenters. The molecule has 3 rings (SSSR count). The minimum absolute atomic E-state index is 0.198. The van der Waals surface area contributed by atoms with Crippen LogP contribution >= 0.6 is 39.3 Å². The first-order chi connectivity index (χ1) is 15.0. The molecule has 7 nitrogen and oxygen atoms in total. The van der Waals surface area contributed by atoms with Gasteiger partial charge in [-0.3, -0.25) is 0 Å². The Bertz CT molecular complexity index is 1020. The first-order valence-corrected chi connectivity index (χ1v) is 11.7. The molecule has 0 unspecified atom stereocenters. The first-order valence-electron chi connectivity index (χ1n) is 9.55. The molecule has 0 saturated heterocycles. The highest BCUT2D eigenvalue weighted by Gasteiger charge is 2.14. The molecule has 0 radical (unpaired) electrons. The predicted octanol–water partition coefficient (Wildman–Crippen LogP) is 4.62. The lowest BCUT2D eigenvalue weighted by Crippen LogP contribution is -2.17. The number of tetrazole rings is 1. The molecule has 31 heavy (non-hydrogen) atoms. The van der Waals surface area contributed by atoms with Gasteiger partial charge in [-0.25, -0.2) is 9.07 Å². The fourth-order valence-electron chi connectivity index (χ4n) is 2.71. The van der Waals surface area contributed by atoms with Gasteiger partial charge in [0.1, 0.15) is 12.4 Å². The minimum atomic E-state index is -0.381. The quantitative estimate of drug-likeness (QED) is 0.286. The van der Waals surface area contributed by atoms with Crippen LogP contribution in [0, 0.1) is 5.82 Å². The van der Waals surface area contributed by atoms with Crippen LogP contribution in [-0.4, -0.2) is 39.1 Å². The number of aryl methyl sites for hydroxylation is 1. The van der Waals surface area contributed by atoms with Gasteiger partial charge in [-0.05, 0) is 63.1 Å². The Morgan fingerprint density at radius 1 is 1.26 bits per heavy atom. The lowest BCUT2D eigenvalue weighted by atomic mass is 10.2. The van der Waals surface area contributed by atoms with Gasteiger partial charge in [0.2, 0.25) is 5.16 Å². The first kappa shape index (κ1) is 23.8. The number of thioether (sulfide) groups is 1. The van der Waals surface area contributed by atoms with Crippen LogP contribution in [0.1, 0.15) is 18.1 Å². The fraction of sp³-hybridized carbons (Fsp3) is 0.350. The second kappa shape index (κ2) is 11.7.